The van der Waals surface area contributed by atoms with E-state index in [0.717, 1.165) is 12.1 Å². The van der Waals surface area contributed by atoms with Crippen molar-refractivity contribution in [2.45, 2.75) is 92.9 Å². The topological polar surface area (TPSA) is 308 Å². The number of benzene rings is 2. The van der Waals surface area contributed by atoms with Crippen LogP contribution in [0.25, 0.3) is 22.3 Å². The number of phenolic OH excluding ortho intramolecular Hbond substituents is 3. The predicted molar refractivity (Wildman–Crippen MR) is 165 cm³/mol. The van der Waals surface area contributed by atoms with Gasteiger partial charge in [0.15, 0.2) is 24.4 Å². The van der Waals surface area contributed by atoms with E-state index >= 15 is 0 Å². The van der Waals surface area contributed by atoms with E-state index in [-0.39, 0.29) is 22.7 Å². The van der Waals surface area contributed by atoms with Crippen molar-refractivity contribution in [1.82, 2.24) is 0 Å². The summed E-state index contributed by atoms with van der Waals surface area (Å²) in [4.78, 5) is 14.0. The number of hydrogen-bond donors (Lipinski definition) is 11. The quantitative estimate of drug-likeness (QED) is 0.111. The molecule has 0 radical (unpaired) electrons. The number of aliphatic hydroxyl groups is 8. The summed E-state index contributed by atoms with van der Waals surface area (Å²) < 4.78 is 39.9. The Morgan fingerprint density at radius 3 is 2.14 bits per heavy atom. The normalized spacial score (nSPS) is 37.4. The first-order valence-electron chi connectivity index (χ1n) is 15.8. The molecule has 4 heterocycles. The number of ether oxygens (including phenoxy) is 6. The Hall–Kier alpha value is -3.67. The summed E-state index contributed by atoms with van der Waals surface area (Å²) in [7, 11) is 0. The molecule has 2 aromatic carbocycles. The summed E-state index contributed by atoms with van der Waals surface area (Å²) in [5.41, 5.74) is -1.15. The van der Waals surface area contributed by atoms with Crippen LogP contribution in [0.4, 0.5) is 0 Å². The van der Waals surface area contributed by atoms with Crippen LogP contribution in [0.1, 0.15) is 6.92 Å². The zero-order valence-electron chi connectivity index (χ0n) is 26.6. The van der Waals surface area contributed by atoms with Gasteiger partial charge in [-0.15, -0.1) is 0 Å². The summed E-state index contributed by atoms with van der Waals surface area (Å²) in [5, 5.41) is 114. The first-order chi connectivity index (χ1) is 24.2. The molecule has 0 bridgehead atoms. The second-order valence-electron chi connectivity index (χ2n) is 12.5. The zero-order valence-corrected chi connectivity index (χ0v) is 26.6. The molecule has 3 aliphatic rings. The maximum atomic E-state index is 14.0. The molecule has 3 saturated heterocycles. The second-order valence-corrected chi connectivity index (χ2v) is 12.5. The monoisotopic (exact) mass is 726 g/mol. The third-order valence-electron chi connectivity index (χ3n) is 8.90. The largest absolute Gasteiger partial charge is 0.508 e. The Bertz CT molecular complexity index is 1730. The van der Waals surface area contributed by atoms with Crippen molar-refractivity contribution in [3.8, 4) is 34.3 Å². The number of aromatic hydroxyl groups is 3. The third-order valence-corrected chi connectivity index (χ3v) is 8.90. The fourth-order valence-corrected chi connectivity index (χ4v) is 5.97. The van der Waals surface area contributed by atoms with Gasteiger partial charge < -0.3 is 89.0 Å². The van der Waals surface area contributed by atoms with Crippen molar-refractivity contribution in [2.24, 2.45) is 0 Å². The minimum Gasteiger partial charge on any atom is -0.508 e. The molecule has 0 aliphatic carbocycles. The highest BCUT2D eigenvalue weighted by molar-refractivity contribution is 5.88. The van der Waals surface area contributed by atoms with Gasteiger partial charge in [-0.1, -0.05) is 0 Å². The van der Waals surface area contributed by atoms with Crippen LogP contribution in [-0.2, 0) is 23.7 Å². The minimum atomic E-state index is -1.99. The van der Waals surface area contributed by atoms with Crippen LogP contribution < -0.4 is 10.2 Å². The number of aliphatic hydroxyl groups excluding tert-OH is 8. The summed E-state index contributed by atoms with van der Waals surface area (Å²) in [5.74, 6) is -2.27. The van der Waals surface area contributed by atoms with E-state index < -0.39 is 127 Å². The van der Waals surface area contributed by atoms with Crippen LogP contribution in [0.5, 0.6) is 23.0 Å². The lowest BCUT2D eigenvalue weighted by Gasteiger charge is -2.45. The molecular weight excluding hydrogens is 688 g/mol. The maximum absolute atomic E-state index is 14.0. The van der Waals surface area contributed by atoms with Crippen LogP contribution in [-0.4, -0.2) is 155 Å². The Balaban J connectivity index is 1.38. The molecule has 14 atom stereocenters. The Labute approximate surface area is 287 Å². The molecule has 1 aromatic heterocycles. The first-order valence-corrected chi connectivity index (χ1v) is 15.8. The molecule has 280 valence electrons. The van der Waals surface area contributed by atoms with E-state index in [1.165, 1.54) is 31.2 Å². The summed E-state index contributed by atoms with van der Waals surface area (Å²) in [6, 6.07) is 7.15. The lowest BCUT2D eigenvalue weighted by molar-refractivity contribution is -0.352. The number of fused-ring (bicyclic) bond motifs is 1. The SMILES string of the molecule is C[C@H]1O[C@@H](OC[C@@H]2O[C@H](Oc3c(-c4ccc(O)cc4)oc4cc(O)cc(O)c4c3=O)[C@@H](O[C@@H]3OC[C@@H](O)[C@H](O)[C@@H]3O)[C@H](O)[C@H]2O)[C@H](O)[C@@H](O)[C@H]1O. The van der Waals surface area contributed by atoms with Gasteiger partial charge in [0.25, 0.3) is 0 Å². The fourth-order valence-electron chi connectivity index (χ4n) is 5.97. The highest BCUT2D eigenvalue weighted by Gasteiger charge is 2.51. The standard InChI is InChI=1S/C32H38O19/c1-10-19(37)23(41)26(44)30(47-10)46-9-17-21(39)24(42)29(51-31-25(43)20(38)15(36)8-45-31)32(49-17)50-28-22(40)18-14(35)6-13(34)7-16(18)48-27(28)11-2-4-12(33)5-3-11/h2-7,10,15,17,19-21,23-26,29-39,41-44H,8-9H2,1H3/t10-,15-,17+,19+,20+,21+,23+,24-,25+,26-,29+,30-,31+,32-/m1/s1. The molecule has 3 fully saturated rings. The van der Waals surface area contributed by atoms with Gasteiger partial charge in [0.05, 0.1) is 19.3 Å². The lowest BCUT2D eigenvalue weighted by atomic mass is 9.98. The predicted octanol–water partition coefficient (Wildman–Crippen LogP) is -2.93. The van der Waals surface area contributed by atoms with Crippen molar-refractivity contribution >= 4 is 11.0 Å². The van der Waals surface area contributed by atoms with Gasteiger partial charge in [-0.2, -0.15) is 0 Å². The van der Waals surface area contributed by atoms with Crippen molar-refractivity contribution < 1.29 is 89.0 Å². The average molecular weight is 727 g/mol. The zero-order chi connectivity index (χ0) is 36.9. The highest BCUT2D eigenvalue weighted by Crippen LogP contribution is 2.38. The molecule has 0 amide bonds. The molecule has 0 unspecified atom stereocenters. The van der Waals surface area contributed by atoms with E-state index in [9.17, 15) is 61.0 Å². The first kappa shape index (κ1) is 37.1. The van der Waals surface area contributed by atoms with Crippen molar-refractivity contribution in [2.75, 3.05) is 13.2 Å². The average Bonchev–Trinajstić information content (AvgIpc) is 3.09. The molecule has 0 spiro atoms. The number of hydrogen-bond acceptors (Lipinski definition) is 19. The van der Waals surface area contributed by atoms with Crippen LogP contribution in [0.15, 0.2) is 45.6 Å². The van der Waals surface area contributed by atoms with E-state index in [4.69, 9.17) is 32.8 Å². The summed E-state index contributed by atoms with van der Waals surface area (Å²) in [6.45, 7) is 0.243. The third kappa shape index (κ3) is 7.22. The Kier molecular flexibility index (Phi) is 10.7. The maximum Gasteiger partial charge on any atom is 0.239 e. The molecule has 19 nitrogen and oxygen atoms in total. The Morgan fingerprint density at radius 2 is 1.43 bits per heavy atom. The van der Waals surface area contributed by atoms with Gasteiger partial charge in [-0.25, -0.2) is 0 Å². The van der Waals surface area contributed by atoms with E-state index in [1.807, 2.05) is 0 Å². The Morgan fingerprint density at radius 1 is 0.745 bits per heavy atom. The van der Waals surface area contributed by atoms with Crippen molar-refractivity contribution in [1.29, 1.82) is 0 Å². The molecule has 6 rings (SSSR count). The molecule has 11 N–H and O–H groups in total. The molecule has 3 aromatic rings. The van der Waals surface area contributed by atoms with Gasteiger partial charge in [-0.05, 0) is 31.2 Å². The number of phenols is 3. The van der Waals surface area contributed by atoms with Crippen LogP contribution >= 0.6 is 0 Å². The molecule has 19 heteroatoms. The van der Waals surface area contributed by atoms with Crippen LogP contribution in [0.3, 0.4) is 0 Å². The molecular formula is C32H38O19. The van der Waals surface area contributed by atoms with Gasteiger partial charge in [0.2, 0.25) is 17.5 Å². The highest BCUT2D eigenvalue weighted by atomic mass is 16.8. The van der Waals surface area contributed by atoms with Crippen LogP contribution in [0, 0.1) is 0 Å². The van der Waals surface area contributed by atoms with Crippen molar-refractivity contribution in [3.05, 3.63) is 46.6 Å². The summed E-state index contributed by atoms with van der Waals surface area (Å²) >= 11 is 0. The molecule has 51 heavy (non-hydrogen) atoms. The van der Waals surface area contributed by atoms with Crippen molar-refractivity contribution in [3.63, 3.8) is 0 Å². The fraction of sp³-hybridized carbons (Fsp3) is 0.531. The van der Waals surface area contributed by atoms with Crippen LogP contribution in [0.2, 0.25) is 0 Å². The van der Waals surface area contributed by atoms with E-state index in [2.05, 4.69) is 0 Å². The van der Waals surface area contributed by atoms with Gasteiger partial charge in [0.1, 0.15) is 83.2 Å². The van der Waals surface area contributed by atoms with E-state index in [0.29, 0.717) is 0 Å². The van der Waals surface area contributed by atoms with E-state index in [1.54, 1.807) is 0 Å². The molecule has 3 aliphatic heterocycles. The summed E-state index contributed by atoms with van der Waals surface area (Å²) in [6.07, 6.45) is -23.4. The van der Waals surface area contributed by atoms with Gasteiger partial charge in [-0.3, -0.25) is 4.79 Å². The number of rotatable bonds is 8. The molecule has 0 saturated carbocycles. The second kappa shape index (κ2) is 14.8. The minimum absolute atomic E-state index is 0.139. The van der Waals surface area contributed by atoms with Gasteiger partial charge in [0, 0.05) is 17.7 Å². The van der Waals surface area contributed by atoms with Gasteiger partial charge >= 0.3 is 0 Å². The lowest BCUT2D eigenvalue weighted by Crippen LogP contribution is -2.64. The smallest absolute Gasteiger partial charge is 0.239 e.